The molecule has 0 saturated carbocycles. The largest absolute Gasteiger partial charge is 0.444 e. The lowest BCUT2D eigenvalue weighted by Crippen LogP contribution is -2.47. The van der Waals surface area contributed by atoms with E-state index in [9.17, 15) is 26.8 Å². The summed E-state index contributed by atoms with van der Waals surface area (Å²) in [4.78, 5) is 29.9. The highest BCUT2D eigenvalue weighted by Crippen LogP contribution is 2.37. The molecule has 1 unspecified atom stereocenters. The van der Waals surface area contributed by atoms with Crippen LogP contribution in [0.2, 0.25) is 0 Å². The molecule has 0 aliphatic carbocycles. The molecule has 1 aromatic carbocycles. The molecule has 1 aliphatic heterocycles. The summed E-state index contributed by atoms with van der Waals surface area (Å²) in [6.45, 7) is 6.14. The van der Waals surface area contributed by atoms with E-state index < -0.39 is 50.8 Å². The van der Waals surface area contributed by atoms with Gasteiger partial charge in [-0.25, -0.2) is 31.4 Å². The highest BCUT2D eigenvalue weighted by atomic mass is 32.2. The molecule has 1 fully saturated rings. The van der Waals surface area contributed by atoms with Crippen molar-refractivity contribution in [2.24, 2.45) is 5.41 Å². The highest BCUT2D eigenvalue weighted by Gasteiger charge is 2.46. The number of halogens is 3. The number of ketones is 1. The normalized spacial score (nSPS) is 17.4. The van der Waals surface area contributed by atoms with Crippen molar-refractivity contribution in [1.29, 1.82) is 0 Å². The third-order valence-electron chi connectivity index (χ3n) is 5.84. The number of sulfone groups is 1. The molecular formula is C23H24F3N3O5S. The van der Waals surface area contributed by atoms with Gasteiger partial charge in [0, 0.05) is 36.9 Å². The topological polar surface area (TPSA) is 100 Å². The zero-order valence-corrected chi connectivity index (χ0v) is 20.3. The summed E-state index contributed by atoms with van der Waals surface area (Å²) in [5.41, 5.74) is -1.94. The molecule has 0 bridgehead atoms. The van der Waals surface area contributed by atoms with E-state index >= 15 is 4.39 Å². The Balaban J connectivity index is 1.87. The van der Waals surface area contributed by atoms with Crippen molar-refractivity contribution in [3.05, 3.63) is 52.1 Å². The first kappa shape index (κ1) is 25.0. The summed E-state index contributed by atoms with van der Waals surface area (Å²) < 4.78 is 73.4. The van der Waals surface area contributed by atoms with Gasteiger partial charge in [-0.1, -0.05) is 6.92 Å². The number of imidazole rings is 1. The molecule has 4 rings (SSSR count). The van der Waals surface area contributed by atoms with Gasteiger partial charge in [0.1, 0.15) is 5.82 Å². The van der Waals surface area contributed by atoms with E-state index in [2.05, 4.69) is 4.98 Å². The lowest BCUT2D eigenvalue weighted by molar-refractivity contribution is 0.0807. The van der Waals surface area contributed by atoms with Gasteiger partial charge in [0.2, 0.25) is 12.2 Å². The first-order chi connectivity index (χ1) is 16.2. The van der Waals surface area contributed by atoms with Crippen LogP contribution in [-0.2, 0) is 9.84 Å². The fraction of sp³-hybridized carbons (Fsp3) is 0.435. The maximum Gasteiger partial charge on any atom is 0.334 e. The van der Waals surface area contributed by atoms with Crippen LogP contribution in [0.15, 0.2) is 29.2 Å². The van der Waals surface area contributed by atoms with Gasteiger partial charge in [0.15, 0.2) is 21.4 Å². The summed E-state index contributed by atoms with van der Waals surface area (Å²) in [5, 5.41) is 0. The number of carbonyl (C=O) groups is 1. The van der Waals surface area contributed by atoms with Crippen LogP contribution < -0.4 is 10.4 Å². The number of Topliss-reactive ketones (excluding diaryl/α,β-unsaturated/α-hetero) is 1. The van der Waals surface area contributed by atoms with E-state index in [4.69, 9.17) is 4.74 Å². The second kappa shape index (κ2) is 8.51. The lowest BCUT2D eigenvalue weighted by atomic mass is 9.86. The first-order valence-corrected chi connectivity index (χ1v) is 12.7. The van der Waals surface area contributed by atoms with E-state index in [-0.39, 0.29) is 46.1 Å². The zero-order chi connectivity index (χ0) is 25.9. The quantitative estimate of drug-likeness (QED) is 0.448. The van der Waals surface area contributed by atoms with Crippen molar-refractivity contribution in [1.82, 2.24) is 14.1 Å². The summed E-state index contributed by atoms with van der Waals surface area (Å²) in [6, 6.07) is 2.77. The van der Waals surface area contributed by atoms with Crippen LogP contribution in [0, 0.1) is 17.0 Å². The average Bonchev–Trinajstić information content (AvgIpc) is 2.97. The van der Waals surface area contributed by atoms with Gasteiger partial charge >= 0.3 is 5.69 Å². The molecule has 0 N–H and O–H groups in total. The molecule has 1 atom stereocenters. The number of aromatic nitrogens is 3. The average molecular weight is 512 g/mol. The molecule has 3 aromatic rings. The number of rotatable bonds is 7. The maximum absolute atomic E-state index is 15.2. The number of alkyl halides is 1. The van der Waals surface area contributed by atoms with Crippen LogP contribution in [0.3, 0.4) is 0 Å². The van der Waals surface area contributed by atoms with Crippen molar-refractivity contribution < 1.29 is 31.1 Å². The van der Waals surface area contributed by atoms with Crippen molar-refractivity contribution >= 4 is 26.7 Å². The summed E-state index contributed by atoms with van der Waals surface area (Å²) in [6.07, 6.45) is -1.16. The van der Waals surface area contributed by atoms with Crippen molar-refractivity contribution in [3.63, 3.8) is 0 Å². The summed E-state index contributed by atoms with van der Waals surface area (Å²) >= 11 is 0. The molecule has 35 heavy (non-hydrogen) atoms. The number of pyridine rings is 1. The Labute approximate surface area is 199 Å². The monoisotopic (exact) mass is 511 g/mol. The molecule has 0 amide bonds. The number of nitrogens with zero attached hydrogens (tertiary/aromatic N) is 3. The van der Waals surface area contributed by atoms with Crippen LogP contribution in [0.25, 0.3) is 16.7 Å². The minimum absolute atomic E-state index is 0.0143. The third-order valence-corrected chi connectivity index (χ3v) is 8.11. The highest BCUT2D eigenvalue weighted by molar-refractivity contribution is 7.92. The number of hydrogen-bond donors (Lipinski definition) is 0. The van der Waals surface area contributed by atoms with Crippen LogP contribution in [0.5, 0.6) is 5.88 Å². The van der Waals surface area contributed by atoms with Crippen LogP contribution in [0.1, 0.15) is 50.5 Å². The van der Waals surface area contributed by atoms with Gasteiger partial charge in [-0.3, -0.25) is 13.9 Å². The Morgan fingerprint density at radius 3 is 2.37 bits per heavy atom. The van der Waals surface area contributed by atoms with Gasteiger partial charge < -0.3 is 4.74 Å². The van der Waals surface area contributed by atoms with Crippen molar-refractivity contribution in [2.75, 3.05) is 11.5 Å². The molecule has 3 heterocycles. The van der Waals surface area contributed by atoms with Crippen LogP contribution in [0.4, 0.5) is 13.2 Å². The van der Waals surface area contributed by atoms with Crippen LogP contribution >= 0.6 is 0 Å². The molecule has 2 aromatic heterocycles. The van der Waals surface area contributed by atoms with Crippen molar-refractivity contribution in [3.8, 4) is 11.6 Å². The fourth-order valence-electron chi connectivity index (χ4n) is 4.60. The molecule has 0 radical (unpaired) electrons. The summed E-state index contributed by atoms with van der Waals surface area (Å²) in [5.74, 6) is -3.05. The predicted molar refractivity (Wildman–Crippen MR) is 123 cm³/mol. The van der Waals surface area contributed by atoms with Gasteiger partial charge in [0.25, 0.3) is 0 Å². The second-order valence-corrected chi connectivity index (χ2v) is 11.5. The number of fused-ring (bicyclic) bond motifs is 1. The number of hydrogen-bond acceptors (Lipinski definition) is 6. The summed E-state index contributed by atoms with van der Waals surface area (Å²) in [7, 11) is -3.20. The van der Waals surface area contributed by atoms with Crippen LogP contribution in [-0.4, -0.2) is 46.2 Å². The van der Waals surface area contributed by atoms with Gasteiger partial charge in [0.05, 0.1) is 40.0 Å². The standard InChI is InChI=1S/C23H24F3N3O5S/c1-12(2)28-18-5-14(20(30)8-23(4)10-35(32,33)11-23)15(25)6-19(18)29(22(28)31)17-7-21(34-13(3)24)27-9-16(17)26/h5-7,9,12-13H,8,10-11H2,1-4H3. The van der Waals surface area contributed by atoms with E-state index in [1.54, 1.807) is 20.8 Å². The Bertz CT molecular complexity index is 1500. The van der Waals surface area contributed by atoms with Crippen molar-refractivity contribution in [2.45, 2.75) is 46.5 Å². The minimum atomic E-state index is -3.20. The number of carbonyl (C=O) groups excluding carboxylic acids is 1. The van der Waals surface area contributed by atoms with E-state index in [0.29, 0.717) is 0 Å². The smallest absolute Gasteiger partial charge is 0.334 e. The zero-order valence-electron chi connectivity index (χ0n) is 19.5. The van der Waals surface area contributed by atoms with Gasteiger partial charge in [-0.15, -0.1) is 0 Å². The van der Waals surface area contributed by atoms with Gasteiger partial charge in [-0.2, -0.15) is 0 Å². The maximum atomic E-state index is 15.2. The molecular weight excluding hydrogens is 487 g/mol. The Kier molecular flexibility index (Phi) is 6.06. The van der Waals surface area contributed by atoms with E-state index in [0.717, 1.165) is 29.8 Å². The Hall–Kier alpha value is -3.15. The minimum Gasteiger partial charge on any atom is -0.444 e. The SMILES string of the molecule is CC(F)Oc1cc(-n2c(=O)n(C(C)C)c3cc(C(=O)CC4(C)CS(=O)(=O)C4)c(F)cc32)c(F)cn1. The van der Waals surface area contributed by atoms with Gasteiger partial charge in [-0.05, 0) is 19.9 Å². The fourth-order valence-corrected chi connectivity index (χ4v) is 6.84. The van der Waals surface area contributed by atoms with E-state index in [1.165, 1.54) is 10.6 Å². The first-order valence-electron chi connectivity index (χ1n) is 10.9. The molecule has 188 valence electrons. The Morgan fingerprint density at radius 2 is 1.80 bits per heavy atom. The molecule has 8 nitrogen and oxygen atoms in total. The Morgan fingerprint density at radius 1 is 1.14 bits per heavy atom. The predicted octanol–water partition coefficient (Wildman–Crippen LogP) is 3.75. The number of benzene rings is 1. The third kappa shape index (κ3) is 4.58. The molecule has 12 heteroatoms. The second-order valence-electron chi connectivity index (χ2n) is 9.48. The number of ether oxygens (including phenoxy) is 1. The lowest BCUT2D eigenvalue weighted by Gasteiger charge is -2.37. The molecule has 1 saturated heterocycles. The molecule has 0 spiro atoms. The van der Waals surface area contributed by atoms with E-state index in [1.807, 2.05) is 0 Å². The molecule has 1 aliphatic rings.